The van der Waals surface area contributed by atoms with Gasteiger partial charge in [-0.2, -0.15) is 0 Å². The highest BCUT2D eigenvalue weighted by Crippen LogP contribution is 2.23. The first-order chi connectivity index (χ1) is 9.97. The summed E-state index contributed by atoms with van der Waals surface area (Å²) in [5.74, 6) is -0.00812. The lowest BCUT2D eigenvalue weighted by Crippen LogP contribution is -2.43. The zero-order valence-electron chi connectivity index (χ0n) is 12.0. The summed E-state index contributed by atoms with van der Waals surface area (Å²) in [5.41, 5.74) is 4.34. The van der Waals surface area contributed by atoms with E-state index in [1.165, 1.54) is 0 Å². The van der Waals surface area contributed by atoms with Gasteiger partial charge in [0.15, 0.2) is 0 Å². The molecule has 0 aliphatic heterocycles. The van der Waals surface area contributed by atoms with E-state index in [4.69, 9.17) is 10.2 Å². The number of amides is 1. The number of carbonyl (C=O) groups is 1. The molecule has 2 aromatic rings. The van der Waals surface area contributed by atoms with E-state index in [9.17, 15) is 4.79 Å². The first-order valence-electron chi connectivity index (χ1n) is 6.69. The summed E-state index contributed by atoms with van der Waals surface area (Å²) in [5, 5.41) is 20.6. The highest BCUT2D eigenvalue weighted by Gasteiger charge is 2.13. The molecule has 0 bridgehead atoms. The van der Waals surface area contributed by atoms with Crippen molar-refractivity contribution in [2.24, 2.45) is 5.92 Å². The van der Waals surface area contributed by atoms with Gasteiger partial charge in [-0.3, -0.25) is 5.43 Å². The van der Waals surface area contributed by atoms with E-state index in [0.717, 1.165) is 20.8 Å². The monoisotopic (exact) mass is 309 g/mol. The summed E-state index contributed by atoms with van der Waals surface area (Å²) in [6.45, 7) is 4.74. The second-order valence-corrected chi connectivity index (χ2v) is 6.35. The molecule has 7 heteroatoms. The van der Waals surface area contributed by atoms with Gasteiger partial charge in [0.05, 0.1) is 15.2 Å². The maximum Gasteiger partial charge on any atom is 0.419 e. The molecule has 114 valence electrons. The Bertz CT molecular complexity index is 629. The standard InChI is InChI=1S/C14H19N3O3S/c1-9(8-18)6-17(16-14(19)20)7-11-3-4-12-13(5-11)21-10(2)15-12/h3-5,9,16,18H,6-8H2,1-2H3,(H,19,20)/t9-/m1/s1. The van der Waals surface area contributed by atoms with Gasteiger partial charge in [-0.25, -0.2) is 14.8 Å². The lowest BCUT2D eigenvalue weighted by atomic mass is 10.1. The van der Waals surface area contributed by atoms with E-state index in [1.807, 2.05) is 32.0 Å². The van der Waals surface area contributed by atoms with Crippen molar-refractivity contribution in [3.63, 3.8) is 0 Å². The number of aryl methyl sites for hydroxylation is 1. The quantitative estimate of drug-likeness (QED) is 0.712. The van der Waals surface area contributed by atoms with Crippen LogP contribution in [0.4, 0.5) is 4.79 Å². The van der Waals surface area contributed by atoms with Crippen molar-refractivity contribution < 1.29 is 15.0 Å². The Balaban J connectivity index is 2.14. The van der Waals surface area contributed by atoms with E-state index in [-0.39, 0.29) is 12.5 Å². The lowest BCUT2D eigenvalue weighted by Gasteiger charge is -2.24. The molecule has 0 saturated heterocycles. The molecule has 21 heavy (non-hydrogen) atoms. The average Bonchev–Trinajstić information content (AvgIpc) is 2.77. The van der Waals surface area contributed by atoms with Crippen molar-refractivity contribution in [3.8, 4) is 0 Å². The predicted octanol–water partition coefficient (Wildman–Crippen LogP) is 2.22. The fourth-order valence-electron chi connectivity index (χ4n) is 2.12. The largest absolute Gasteiger partial charge is 0.464 e. The first-order valence-corrected chi connectivity index (χ1v) is 7.51. The zero-order valence-corrected chi connectivity index (χ0v) is 12.9. The number of benzene rings is 1. The van der Waals surface area contributed by atoms with Crippen LogP contribution in [-0.4, -0.2) is 39.5 Å². The Morgan fingerprint density at radius 2 is 2.29 bits per heavy atom. The van der Waals surface area contributed by atoms with Gasteiger partial charge in [0.1, 0.15) is 0 Å². The molecule has 0 aliphatic rings. The maximum absolute atomic E-state index is 10.9. The molecule has 1 heterocycles. The summed E-state index contributed by atoms with van der Waals surface area (Å²) in [6.07, 6.45) is -1.10. The third-order valence-electron chi connectivity index (χ3n) is 3.03. The molecule has 1 amide bonds. The number of carboxylic acid groups (broad SMARTS) is 1. The summed E-state index contributed by atoms with van der Waals surface area (Å²) < 4.78 is 1.09. The molecule has 6 nitrogen and oxygen atoms in total. The fraction of sp³-hybridized carbons (Fsp3) is 0.429. The van der Waals surface area contributed by atoms with Gasteiger partial charge < -0.3 is 10.2 Å². The second-order valence-electron chi connectivity index (χ2n) is 5.12. The number of aliphatic hydroxyl groups excluding tert-OH is 1. The van der Waals surface area contributed by atoms with Crippen molar-refractivity contribution in [2.75, 3.05) is 13.2 Å². The number of aromatic nitrogens is 1. The summed E-state index contributed by atoms with van der Waals surface area (Å²) in [4.78, 5) is 15.3. The number of hydrazine groups is 1. The van der Waals surface area contributed by atoms with E-state index >= 15 is 0 Å². The van der Waals surface area contributed by atoms with Gasteiger partial charge in [-0.15, -0.1) is 11.3 Å². The highest BCUT2D eigenvalue weighted by molar-refractivity contribution is 7.18. The van der Waals surface area contributed by atoms with Crippen LogP contribution in [0.15, 0.2) is 18.2 Å². The SMILES string of the molecule is Cc1nc2ccc(CN(C[C@@H](C)CO)NC(=O)O)cc2s1. The van der Waals surface area contributed by atoms with Crippen LogP contribution < -0.4 is 5.43 Å². The van der Waals surface area contributed by atoms with Crippen LogP contribution in [0.2, 0.25) is 0 Å². The lowest BCUT2D eigenvalue weighted by molar-refractivity contribution is 0.108. The minimum Gasteiger partial charge on any atom is -0.464 e. The van der Waals surface area contributed by atoms with E-state index in [1.54, 1.807) is 16.3 Å². The van der Waals surface area contributed by atoms with Crippen molar-refractivity contribution >= 4 is 27.6 Å². The van der Waals surface area contributed by atoms with Crippen molar-refractivity contribution in [1.82, 2.24) is 15.4 Å². The number of thiazole rings is 1. The first kappa shape index (κ1) is 15.7. The molecule has 3 N–H and O–H groups in total. The summed E-state index contributed by atoms with van der Waals surface area (Å²) >= 11 is 1.62. The maximum atomic E-state index is 10.9. The Labute approximate surface area is 127 Å². The number of rotatable bonds is 6. The summed E-state index contributed by atoms with van der Waals surface area (Å²) in [6, 6.07) is 5.92. The third kappa shape index (κ3) is 4.38. The summed E-state index contributed by atoms with van der Waals surface area (Å²) in [7, 11) is 0. The topological polar surface area (TPSA) is 85.7 Å². The van der Waals surface area contributed by atoms with Crippen molar-refractivity contribution in [3.05, 3.63) is 28.8 Å². The Hall–Kier alpha value is -1.70. The molecular weight excluding hydrogens is 290 g/mol. The molecule has 1 atom stereocenters. The van der Waals surface area contributed by atoms with E-state index in [0.29, 0.717) is 13.1 Å². The van der Waals surface area contributed by atoms with Crippen molar-refractivity contribution in [2.45, 2.75) is 20.4 Å². The van der Waals surface area contributed by atoms with Gasteiger partial charge in [-0.05, 0) is 30.5 Å². The molecule has 0 saturated carbocycles. The number of hydrogen-bond acceptors (Lipinski definition) is 5. The fourth-order valence-corrected chi connectivity index (χ4v) is 3.01. The predicted molar refractivity (Wildman–Crippen MR) is 82.2 cm³/mol. The zero-order chi connectivity index (χ0) is 15.4. The van der Waals surface area contributed by atoms with E-state index < -0.39 is 6.09 Å². The molecule has 0 aliphatic carbocycles. The minimum absolute atomic E-state index is 0.00812. The van der Waals surface area contributed by atoms with Gasteiger partial charge >= 0.3 is 6.09 Å². The molecule has 0 fully saturated rings. The minimum atomic E-state index is -1.10. The number of aliphatic hydroxyl groups is 1. The molecular formula is C14H19N3O3S. The molecule has 1 aromatic carbocycles. The van der Waals surface area contributed by atoms with Gasteiger partial charge in [0.25, 0.3) is 0 Å². The Kier molecular flexibility index (Phi) is 5.11. The number of nitrogens with one attached hydrogen (secondary N) is 1. The smallest absolute Gasteiger partial charge is 0.419 e. The number of hydrogen-bond donors (Lipinski definition) is 3. The average molecular weight is 309 g/mol. The second kappa shape index (κ2) is 6.84. The Morgan fingerprint density at radius 3 is 2.95 bits per heavy atom. The van der Waals surface area contributed by atoms with Gasteiger partial charge in [0.2, 0.25) is 0 Å². The highest BCUT2D eigenvalue weighted by atomic mass is 32.1. The third-order valence-corrected chi connectivity index (χ3v) is 3.96. The van der Waals surface area contributed by atoms with Crippen molar-refractivity contribution in [1.29, 1.82) is 0 Å². The molecule has 2 rings (SSSR count). The van der Waals surface area contributed by atoms with E-state index in [2.05, 4.69) is 10.4 Å². The van der Waals surface area contributed by atoms with Crippen LogP contribution >= 0.6 is 11.3 Å². The van der Waals surface area contributed by atoms with Crippen LogP contribution in [0.25, 0.3) is 10.2 Å². The van der Waals surface area contributed by atoms with Crippen LogP contribution in [-0.2, 0) is 6.54 Å². The van der Waals surface area contributed by atoms with Crippen LogP contribution in [0.5, 0.6) is 0 Å². The number of fused-ring (bicyclic) bond motifs is 1. The van der Waals surface area contributed by atoms with Gasteiger partial charge in [-0.1, -0.05) is 13.0 Å². The molecule has 1 aromatic heterocycles. The molecule has 0 unspecified atom stereocenters. The Morgan fingerprint density at radius 1 is 1.52 bits per heavy atom. The van der Waals surface area contributed by atoms with Gasteiger partial charge in [0, 0.05) is 19.7 Å². The number of nitrogens with zero attached hydrogens (tertiary/aromatic N) is 2. The normalized spacial score (nSPS) is 12.8. The van der Waals surface area contributed by atoms with Crippen LogP contribution in [0.1, 0.15) is 17.5 Å². The van der Waals surface area contributed by atoms with Crippen LogP contribution in [0.3, 0.4) is 0 Å². The molecule has 0 radical (unpaired) electrons. The van der Waals surface area contributed by atoms with Crippen LogP contribution in [0, 0.1) is 12.8 Å². The molecule has 0 spiro atoms.